The maximum absolute atomic E-state index is 12.6. The van der Waals surface area contributed by atoms with Crippen LogP contribution in [0.25, 0.3) is 0 Å². The average Bonchev–Trinajstić information content (AvgIpc) is 2.68. The molecule has 6 nitrogen and oxygen atoms in total. The fourth-order valence-electron chi connectivity index (χ4n) is 2.73. The second-order valence-electron chi connectivity index (χ2n) is 6.41. The molecule has 2 aromatic carbocycles. The zero-order valence-electron chi connectivity index (χ0n) is 15.9. The third kappa shape index (κ3) is 4.54. The van der Waals surface area contributed by atoms with E-state index in [1.54, 1.807) is 25.3 Å². The number of carbonyl (C=O) groups excluding carboxylic acids is 2. The van der Waals surface area contributed by atoms with Crippen molar-refractivity contribution in [3.05, 3.63) is 83.2 Å². The first-order chi connectivity index (χ1) is 13.5. The average molecular weight is 375 g/mol. The van der Waals surface area contributed by atoms with Crippen molar-refractivity contribution in [3.63, 3.8) is 0 Å². The lowest BCUT2D eigenvalue weighted by Gasteiger charge is -2.11. The largest absolute Gasteiger partial charge is 0.495 e. The number of amides is 2. The summed E-state index contributed by atoms with van der Waals surface area (Å²) in [5.41, 5.74) is 3.74. The summed E-state index contributed by atoms with van der Waals surface area (Å²) in [6.07, 6.45) is 1.44. The number of anilines is 2. The topological polar surface area (TPSA) is 80.3 Å². The van der Waals surface area contributed by atoms with Gasteiger partial charge in [-0.05, 0) is 61.4 Å². The number of pyridine rings is 1. The molecule has 0 fully saturated rings. The summed E-state index contributed by atoms with van der Waals surface area (Å²) in [6, 6.07) is 16.0. The number of ether oxygens (including phenoxy) is 1. The molecule has 3 rings (SSSR count). The normalized spacial score (nSPS) is 10.2. The maximum atomic E-state index is 12.6. The summed E-state index contributed by atoms with van der Waals surface area (Å²) in [5.74, 6) is -0.172. The third-order valence-corrected chi connectivity index (χ3v) is 4.13. The minimum Gasteiger partial charge on any atom is -0.495 e. The van der Waals surface area contributed by atoms with E-state index >= 15 is 0 Å². The number of aryl methyl sites for hydroxylation is 2. The quantitative estimate of drug-likeness (QED) is 0.700. The van der Waals surface area contributed by atoms with Crippen molar-refractivity contribution < 1.29 is 14.3 Å². The van der Waals surface area contributed by atoms with Gasteiger partial charge < -0.3 is 15.4 Å². The summed E-state index contributed by atoms with van der Waals surface area (Å²) in [7, 11) is 1.54. The van der Waals surface area contributed by atoms with E-state index in [-0.39, 0.29) is 17.5 Å². The van der Waals surface area contributed by atoms with Gasteiger partial charge in [-0.3, -0.25) is 14.6 Å². The Kier molecular flexibility index (Phi) is 5.69. The van der Waals surface area contributed by atoms with E-state index in [1.807, 2.05) is 44.2 Å². The molecule has 6 heteroatoms. The molecule has 0 radical (unpaired) electrons. The lowest BCUT2D eigenvalue weighted by molar-refractivity contribution is 0.102. The van der Waals surface area contributed by atoms with Crippen LogP contribution in [0.5, 0.6) is 5.75 Å². The number of carbonyl (C=O) groups is 2. The molecule has 1 aromatic heterocycles. The van der Waals surface area contributed by atoms with Crippen LogP contribution in [0.3, 0.4) is 0 Å². The van der Waals surface area contributed by atoms with Crippen molar-refractivity contribution in [3.8, 4) is 5.75 Å². The van der Waals surface area contributed by atoms with Gasteiger partial charge in [-0.1, -0.05) is 18.2 Å². The molecular weight excluding hydrogens is 354 g/mol. The molecule has 0 bridgehead atoms. The highest BCUT2D eigenvalue weighted by molar-refractivity contribution is 6.08. The molecule has 0 aliphatic rings. The lowest BCUT2D eigenvalue weighted by atomic mass is 10.1. The van der Waals surface area contributed by atoms with Crippen LogP contribution in [0, 0.1) is 13.8 Å². The first-order valence-corrected chi connectivity index (χ1v) is 8.76. The van der Waals surface area contributed by atoms with Crippen molar-refractivity contribution >= 4 is 23.2 Å². The SMILES string of the molecule is COc1ccc(C)cc1NC(=O)c1ccnc(C(=O)Nc2cccc(C)c2)c1. The van der Waals surface area contributed by atoms with E-state index in [4.69, 9.17) is 4.74 Å². The number of nitrogens with zero attached hydrogens (tertiary/aromatic N) is 1. The zero-order chi connectivity index (χ0) is 20.1. The second kappa shape index (κ2) is 8.35. The van der Waals surface area contributed by atoms with Crippen LogP contribution < -0.4 is 15.4 Å². The van der Waals surface area contributed by atoms with Gasteiger partial charge in [0.1, 0.15) is 11.4 Å². The molecule has 1 heterocycles. The molecule has 0 unspecified atom stereocenters. The number of aromatic nitrogens is 1. The Morgan fingerprint density at radius 1 is 0.893 bits per heavy atom. The van der Waals surface area contributed by atoms with Gasteiger partial charge in [-0.2, -0.15) is 0 Å². The minimum atomic E-state index is -0.381. The summed E-state index contributed by atoms with van der Waals surface area (Å²) in [4.78, 5) is 29.2. The predicted molar refractivity (Wildman–Crippen MR) is 109 cm³/mol. The predicted octanol–water partition coefficient (Wildman–Crippen LogP) is 4.21. The zero-order valence-corrected chi connectivity index (χ0v) is 15.9. The van der Waals surface area contributed by atoms with Crippen LogP contribution in [-0.2, 0) is 0 Å². The van der Waals surface area contributed by atoms with Crippen molar-refractivity contribution in [2.75, 3.05) is 17.7 Å². The summed E-state index contributed by atoms with van der Waals surface area (Å²) >= 11 is 0. The van der Waals surface area contributed by atoms with Crippen molar-refractivity contribution in [1.82, 2.24) is 4.98 Å². The number of methoxy groups -OCH3 is 1. The monoisotopic (exact) mass is 375 g/mol. The van der Waals surface area contributed by atoms with Crippen LogP contribution in [0.4, 0.5) is 11.4 Å². The Labute approximate surface area is 163 Å². The van der Waals surface area contributed by atoms with E-state index in [9.17, 15) is 9.59 Å². The Morgan fingerprint density at radius 3 is 2.43 bits per heavy atom. The first-order valence-electron chi connectivity index (χ1n) is 8.76. The maximum Gasteiger partial charge on any atom is 0.274 e. The molecular formula is C22H21N3O3. The second-order valence-corrected chi connectivity index (χ2v) is 6.41. The number of hydrogen-bond donors (Lipinski definition) is 2. The van der Waals surface area contributed by atoms with E-state index in [2.05, 4.69) is 15.6 Å². The Morgan fingerprint density at radius 2 is 1.68 bits per heavy atom. The lowest BCUT2D eigenvalue weighted by Crippen LogP contribution is -2.17. The highest BCUT2D eigenvalue weighted by atomic mass is 16.5. The summed E-state index contributed by atoms with van der Waals surface area (Å²) < 4.78 is 5.28. The van der Waals surface area contributed by atoms with Gasteiger partial charge in [0.25, 0.3) is 11.8 Å². The van der Waals surface area contributed by atoms with Gasteiger partial charge in [-0.25, -0.2) is 0 Å². The number of nitrogens with one attached hydrogen (secondary N) is 2. The highest BCUT2D eigenvalue weighted by Crippen LogP contribution is 2.25. The van der Waals surface area contributed by atoms with Gasteiger partial charge in [0.15, 0.2) is 0 Å². The molecule has 0 aliphatic carbocycles. The molecule has 2 amide bonds. The highest BCUT2D eigenvalue weighted by Gasteiger charge is 2.14. The van der Waals surface area contributed by atoms with Gasteiger partial charge in [-0.15, -0.1) is 0 Å². The fraction of sp³-hybridized carbons (Fsp3) is 0.136. The fourth-order valence-corrected chi connectivity index (χ4v) is 2.73. The van der Waals surface area contributed by atoms with Gasteiger partial charge in [0, 0.05) is 17.4 Å². The van der Waals surface area contributed by atoms with Crippen LogP contribution in [0.15, 0.2) is 60.8 Å². The van der Waals surface area contributed by atoms with Crippen LogP contribution in [-0.4, -0.2) is 23.9 Å². The molecule has 3 aromatic rings. The molecule has 142 valence electrons. The molecule has 0 atom stereocenters. The summed E-state index contributed by atoms with van der Waals surface area (Å²) in [5, 5.41) is 5.61. The molecule has 0 aliphatic heterocycles. The van der Waals surface area contributed by atoms with Crippen molar-refractivity contribution in [2.24, 2.45) is 0 Å². The van der Waals surface area contributed by atoms with Gasteiger partial charge in [0.2, 0.25) is 0 Å². The Hall–Kier alpha value is -3.67. The molecule has 0 spiro atoms. The van der Waals surface area contributed by atoms with Crippen molar-refractivity contribution in [1.29, 1.82) is 0 Å². The standard InChI is InChI=1S/C22H21N3O3/c1-14-5-4-6-17(11-14)24-22(27)19-13-16(9-10-23-19)21(26)25-18-12-15(2)7-8-20(18)28-3/h4-13H,1-3H3,(H,24,27)(H,25,26). The van der Waals surface area contributed by atoms with Gasteiger partial charge >= 0.3 is 0 Å². The minimum absolute atomic E-state index is 0.158. The van der Waals surface area contributed by atoms with E-state index in [0.29, 0.717) is 22.7 Å². The Bertz CT molecular complexity index is 1030. The number of benzene rings is 2. The summed E-state index contributed by atoms with van der Waals surface area (Å²) in [6.45, 7) is 3.87. The molecule has 2 N–H and O–H groups in total. The van der Waals surface area contributed by atoms with E-state index in [1.165, 1.54) is 12.3 Å². The first kappa shape index (κ1) is 19.1. The van der Waals surface area contributed by atoms with Crippen LogP contribution >= 0.6 is 0 Å². The van der Waals surface area contributed by atoms with E-state index < -0.39 is 0 Å². The molecule has 28 heavy (non-hydrogen) atoms. The van der Waals surface area contributed by atoms with E-state index in [0.717, 1.165) is 11.1 Å². The molecule has 0 saturated heterocycles. The number of hydrogen-bond acceptors (Lipinski definition) is 4. The van der Waals surface area contributed by atoms with Crippen LogP contribution in [0.1, 0.15) is 32.0 Å². The Balaban J connectivity index is 1.78. The van der Waals surface area contributed by atoms with Gasteiger partial charge in [0.05, 0.1) is 12.8 Å². The number of rotatable bonds is 5. The molecule has 0 saturated carbocycles. The smallest absolute Gasteiger partial charge is 0.274 e. The van der Waals surface area contributed by atoms with Crippen molar-refractivity contribution in [2.45, 2.75) is 13.8 Å². The third-order valence-electron chi connectivity index (χ3n) is 4.13. The van der Waals surface area contributed by atoms with Crippen LogP contribution in [0.2, 0.25) is 0 Å².